The maximum Gasteiger partial charge on any atom is -0.0737 e. The van der Waals surface area contributed by atoms with Crippen molar-refractivity contribution in [2.45, 2.75) is 0 Å². The van der Waals surface area contributed by atoms with Gasteiger partial charge in [0.1, 0.15) is 0 Å². The summed E-state index contributed by atoms with van der Waals surface area (Å²) in [6.07, 6.45) is 1.26. The fourth-order valence-electron chi connectivity index (χ4n) is 0.0408. The normalized spacial score (nSPS) is 5.60. The van der Waals surface area contributed by atoms with Crippen molar-refractivity contribution < 1.29 is 0 Å². The second kappa shape index (κ2) is 3.14. The van der Waals surface area contributed by atoms with Gasteiger partial charge in [-0.05, 0) is 0 Å². The van der Waals surface area contributed by atoms with Crippen LogP contribution in [0.5, 0.6) is 0 Å². The van der Waals surface area contributed by atoms with E-state index in [0.717, 1.165) is 0 Å². The van der Waals surface area contributed by atoms with E-state index in [1.54, 1.807) is 0 Å². The zero-order valence-electron chi connectivity index (χ0n) is 2.68. The molecule has 0 heterocycles. The Bertz CT molecular complexity index is 34.2. The molecule has 5 heavy (non-hydrogen) atoms. The molecule has 0 aliphatic rings. The summed E-state index contributed by atoms with van der Waals surface area (Å²) in [7, 11) is 0. The van der Waals surface area contributed by atoms with Crippen LogP contribution in [-0.2, 0) is 0 Å². The minimum absolute atomic E-state index is 1.26. The molecule has 0 bridgehead atoms. The van der Waals surface area contributed by atoms with E-state index in [9.17, 15) is 0 Å². The smallest absolute Gasteiger partial charge is 0.0737 e. The molecule has 3 nitrogen and oxygen atoms in total. The minimum Gasteiger partial charge on any atom is -0.395 e. The lowest BCUT2D eigenvalue weighted by Crippen LogP contribution is -1.84. The Labute approximate surface area is 30.2 Å². The van der Waals surface area contributed by atoms with Gasteiger partial charge in [-0.25, -0.2) is 0 Å². The highest BCUT2D eigenvalue weighted by Gasteiger charge is 1.33. The van der Waals surface area contributed by atoms with Gasteiger partial charge in [-0.1, -0.05) is 6.20 Å². The van der Waals surface area contributed by atoms with E-state index in [4.69, 9.17) is 5.53 Å². The molecule has 0 saturated heterocycles. The Morgan fingerprint density at radius 3 is 2.60 bits per heavy atom. The lowest BCUT2D eigenvalue weighted by molar-refractivity contribution is 0.958. The minimum atomic E-state index is 1.26. The summed E-state index contributed by atoms with van der Waals surface area (Å²) >= 11 is 0. The van der Waals surface area contributed by atoms with E-state index in [2.05, 4.69) is 17.2 Å². The number of rotatable bonds is 2. The van der Waals surface area contributed by atoms with Crippen LogP contribution >= 0.6 is 0 Å². The van der Waals surface area contributed by atoms with Gasteiger partial charge in [0.05, 0.1) is 0 Å². The molecular formula is C2H4N3-. The maximum absolute atomic E-state index is 7.51. The van der Waals surface area contributed by atoms with E-state index in [1.807, 2.05) is 0 Å². The molecule has 3 heteroatoms. The van der Waals surface area contributed by atoms with Gasteiger partial charge in [0, 0.05) is 0 Å². The monoisotopic (exact) mass is 70.0 g/mol. The first kappa shape index (κ1) is 4.14. The second-order valence-corrected chi connectivity index (χ2v) is 0.433. The molecule has 0 spiro atoms. The molecule has 0 rings (SSSR count). The molecule has 0 atom stereocenters. The molecule has 0 aromatic rings. The van der Waals surface area contributed by atoms with Crippen LogP contribution in [0.1, 0.15) is 0 Å². The molecule has 0 aliphatic carbocycles. The standard InChI is InChI=1S/C2H4N3/c1-2-4-5-3/h2H,1H2,(H-,3,4)/q-1. The third kappa shape index (κ3) is 3.14. The Morgan fingerprint density at radius 1 is 2.00 bits per heavy atom. The van der Waals surface area contributed by atoms with Gasteiger partial charge in [-0.15, -0.1) is 6.58 Å². The predicted molar refractivity (Wildman–Crippen MR) is 19.1 cm³/mol. The summed E-state index contributed by atoms with van der Waals surface area (Å²) in [5, 5.41) is 2.49. The zero-order valence-corrected chi connectivity index (χ0v) is 2.68. The largest absolute Gasteiger partial charge is 0.395 e. The Morgan fingerprint density at radius 2 is 2.60 bits per heavy atom. The molecule has 0 amide bonds. The lowest BCUT2D eigenvalue weighted by Gasteiger charge is -1.86. The number of hydrogen-bond acceptors (Lipinski definition) is 1. The molecular weight excluding hydrogens is 66.0 g/mol. The van der Waals surface area contributed by atoms with Crippen molar-refractivity contribution in [1.82, 2.24) is 5.43 Å². The molecule has 0 aliphatic heterocycles. The second-order valence-electron chi connectivity index (χ2n) is 0.433. The summed E-state index contributed by atoms with van der Waals surface area (Å²) in [6, 6.07) is 0. The van der Waals surface area contributed by atoms with E-state index in [-0.39, 0.29) is 0 Å². The summed E-state index contributed by atoms with van der Waals surface area (Å²) < 4.78 is 0. The van der Waals surface area contributed by atoms with Crippen LogP contribution in [0.4, 0.5) is 0 Å². The first-order valence-corrected chi connectivity index (χ1v) is 1.12. The average molecular weight is 70.1 g/mol. The van der Waals surface area contributed by atoms with Crippen molar-refractivity contribution in [2.24, 2.45) is 5.22 Å². The van der Waals surface area contributed by atoms with Crippen LogP contribution < -0.4 is 5.43 Å². The van der Waals surface area contributed by atoms with Crippen LogP contribution in [0.2, 0.25) is 0 Å². The summed E-state index contributed by atoms with van der Waals surface area (Å²) in [5.74, 6) is 0. The van der Waals surface area contributed by atoms with Crippen molar-refractivity contribution in [3.63, 3.8) is 0 Å². The maximum atomic E-state index is 7.51. The molecule has 0 aromatic carbocycles. The van der Waals surface area contributed by atoms with Gasteiger partial charge in [-0.3, -0.25) is 5.22 Å². The highest BCUT2D eigenvalue weighted by atomic mass is 15.4. The predicted octanol–water partition coefficient (Wildman–Crippen LogP) is 0.656. The average Bonchev–Trinajstić information content (AvgIpc) is 1.41. The molecule has 28 valence electrons. The van der Waals surface area contributed by atoms with Gasteiger partial charge in [0.15, 0.2) is 0 Å². The molecule has 0 radical (unpaired) electrons. The van der Waals surface area contributed by atoms with Crippen molar-refractivity contribution in [3.8, 4) is 0 Å². The van der Waals surface area contributed by atoms with Gasteiger partial charge in [-0.2, -0.15) is 0 Å². The van der Waals surface area contributed by atoms with Gasteiger partial charge >= 0.3 is 0 Å². The van der Waals surface area contributed by atoms with E-state index >= 15 is 0 Å². The fourth-order valence-corrected chi connectivity index (χ4v) is 0.0408. The van der Waals surface area contributed by atoms with E-state index in [1.165, 1.54) is 6.20 Å². The number of hydrogen-bond donors (Lipinski definition) is 1. The fraction of sp³-hybridized carbons (Fsp3) is 0. The van der Waals surface area contributed by atoms with Crippen molar-refractivity contribution in [2.75, 3.05) is 0 Å². The highest BCUT2D eigenvalue weighted by molar-refractivity contribution is 4.55. The van der Waals surface area contributed by atoms with Gasteiger partial charge in [0.2, 0.25) is 0 Å². The Hall–Kier alpha value is -0.860. The SMILES string of the molecule is C=CNN=[N-]. The van der Waals surface area contributed by atoms with Crippen LogP contribution in [-0.4, -0.2) is 0 Å². The van der Waals surface area contributed by atoms with Gasteiger partial charge < -0.3 is 11.0 Å². The molecule has 1 N–H and O–H groups in total. The Kier molecular flexibility index (Phi) is 2.60. The summed E-state index contributed by atoms with van der Waals surface area (Å²) in [4.78, 5) is 0. The number of nitrogens with one attached hydrogen (secondary N) is 1. The van der Waals surface area contributed by atoms with Crippen molar-refractivity contribution in [3.05, 3.63) is 18.3 Å². The van der Waals surface area contributed by atoms with Crippen LogP contribution in [0.3, 0.4) is 0 Å². The van der Waals surface area contributed by atoms with Crippen LogP contribution in [0, 0.1) is 0 Å². The lowest BCUT2D eigenvalue weighted by atomic mass is 11.1. The zero-order chi connectivity index (χ0) is 4.12. The van der Waals surface area contributed by atoms with E-state index in [0.29, 0.717) is 0 Å². The summed E-state index contributed by atoms with van der Waals surface area (Å²) in [5.41, 5.74) is 9.56. The third-order valence-electron chi connectivity index (χ3n) is 0.149. The molecule has 0 aromatic heterocycles. The quantitative estimate of drug-likeness (QED) is 0.376. The Balaban J connectivity index is 2.65. The molecule has 0 unspecified atom stereocenters. The highest BCUT2D eigenvalue weighted by Crippen LogP contribution is 1.48. The summed E-state index contributed by atoms with van der Waals surface area (Å²) in [6.45, 7) is 3.19. The third-order valence-corrected chi connectivity index (χ3v) is 0.149. The van der Waals surface area contributed by atoms with Crippen LogP contribution in [0.15, 0.2) is 18.0 Å². The van der Waals surface area contributed by atoms with E-state index < -0.39 is 0 Å². The topological polar surface area (TPSA) is 46.7 Å². The molecule has 0 saturated carbocycles. The van der Waals surface area contributed by atoms with Crippen molar-refractivity contribution >= 4 is 0 Å². The number of nitrogens with zero attached hydrogens (tertiary/aromatic N) is 2. The molecule has 0 fully saturated rings. The first-order valence-electron chi connectivity index (χ1n) is 1.12. The first-order chi connectivity index (χ1) is 2.41. The van der Waals surface area contributed by atoms with Crippen LogP contribution in [0.25, 0.3) is 5.53 Å². The van der Waals surface area contributed by atoms with Gasteiger partial charge in [0.25, 0.3) is 0 Å². The van der Waals surface area contributed by atoms with Crippen molar-refractivity contribution in [1.29, 1.82) is 0 Å².